The van der Waals surface area contributed by atoms with E-state index in [-0.39, 0.29) is 11.4 Å². The van der Waals surface area contributed by atoms with Crippen molar-refractivity contribution >= 4 is 33.4 Å². The molecule has 1 aliphatic heterocycles. The largest absolute Gasteiger partial charge is 0.347 e. The van der Waals surface area contributed by atoms with E-state index in [4.69, 9.17) is 11.6 Å². The number of piperidine rings is 1. The first-order valence-electron chi connectivity index (χ1n) is 5.98. The number of hydrogen-bond donors (Lipinski definition) is 2. The second kappa shape index (κ2) is 5.59. The molecule has 2 N–H and O–H groups in total. The highest BCUT2D eigenvalue weighted by Gasteiger charge is 2.29. The predicted molar refractivity (Wildman–Crippen MR) is 77.1 cm³/mol. The molecule has 1 heterocycles. The molecule has 1 aliphatic rings. The summed E-state index contributed by atoms with van der Waals surface area (Å²) < 4.78 is 0.854. The molecule has 0 unspecified atom stereocenters. The summed E-state index contributed by atoms with van der Waals surface area (Å²) in [6.45, 7) is 3.95. The minimum absolute atomic E-state index is 0.106. The Morgan fingerprint density at radius 1 is 1.44 bits per heavy atom. The third kappa shape index (κ3) is 3.25. The number of benzene rings is 1. The molecule has 1 amide bonds. The van der Waals surface area contributed by atoms with Gasteiger partial charge in [0.1, 0.15) is 0 Å². The third-order valence-electron chi connectivity index (χ3n) is 3.30. The van der Waals surface area contributed by atoms with Gasteiger partial charge in [0.25, 0.3) is 5.91 Å². The van der Waals surface area contributed by atoms with E-state index in [1.807, 2.05) is 6.07 Å². The molecule has 98 valence electrons. The lowest BCUT2D eigenvalue weighted by molar-refractivity contribution is 0.0887. The maximum Gasteiger partial charge on any atom is 0.253 e. The topological polar surface area (TPSA) is 41.1 Å². The van der Waals surface area contributed by atoms with Gasteiger partial charge in [0.15, 0.2) is 0 Å². The molecular formula is C13H16BrClN2O. The maximum atomic E-state index is 12.3. The van der Waals surface area contributed by atoms with Gasteiger partial charge in [-0.05, 0) is 51.1 Å². The summed E-state index contributed by atoms with van der Waals surface area (Å²) >= 11 is 9.41. The maximum absolute atomic E-state index is 12.3. The molecule has 5 heteroatoms. The molecule has 1 saturated heterocycles. The van der Waals surface area contributed by atoms with Crippen LogP contribution in [0.2, 0.25) is 5.02 Å². The minimum Gasteiger partial charge on any atom is -0.347 e. The summed E-state index contributed by atoms with van der Waals surface area (Å²) in [5.41, 5.74) is 0.374. The van der Waals surface area contributed by atoms with Crippen LogP contribution in [-0.2, 0) is 0 Å². The Bertz CT molecular complexity index is 458. The van der Waals surface area contributed by atoms with Gasteiger partial charge in [-0.2, -0.15) is 0 Å². The fourth-order valence-electron chi connectivity index (χ4n) is 2.12. The van der Waals surface area contributed by atoms with Gasteiger partial charge < -0.3 is 10.6 Å². The van der Waals surface area contributed by atoms with Crippen LogP contribution in [0.3, 0.4) is 0 Å². The van der Waals surface area contributed by atoms with Crippen molar-refractivity contribution in [3.05, 3.63) is 33.3 Å². The Kier molecular flexibility index (Phi) is 4.30. The molecule has 2 rings (SSSR count). The molecule has 0 spiro atoms. The lowest BCUT2D eigenvalue weighted by atomic mass is 9.90. The van der Waals surface area contributed by atoms with Crippen LogP contribution in [0.5, 0.6) is 0 Å². The zero-order chi connectivity index (χ0) is 13.2. The van der Waals surface area contributed by atoms with Crippen molar-refractivity contribution in [1.29, 1.82) is 0 Å². The van der Waals surface area contributed by atoms with Gasteiger partial charge in [-0.15, -0.1) is 0 Å². The van der Waals surface area contributed by atoms with Crippen LogP contribution >= 0.6 is 27.5 Å². The number of halogens is 2. The van der Waals surface area contributed by atoms with Crippen LogP contribution in [0, 0.1) is 0 Å². The third-order valence-corrected chi connectivity index (χ3v) is 4.12. The highest BCUT2D eigenvalue weighted by atomic mass is 79.9. The molecule has 1 aromatic carbocycles. The minimum atomic E-state index is -0.145. The van der Waals surface area contributed by atoms with Crippen LogP contribution in [0.1, 0.15) is 30.1 Å². The van der Waals surface area contributed by atoms with Crippen LogP contribution in [0.25, 0.3) is 0 Å². The van der Waals surface area contributed by atoms with Gasteiger partial charge >= 0.3 is 0 Å². The molecular weight excluding hydrogens is 316 g/mol. The zero-order valence-electron chi connectivity index (χ0n) is 10.2. The molecule has 0 aromatic heterocycles. The van der Waals surface area contributed by atoms with Crippen molar-refractivity contribution in [2.45, 2.75) is 25.3 Å². The Morgan fingerprint density at radius 3 is 2.78 bits per heavy atom. The first-order valence-corrected chi connectivity index (χ1v) is 7.16. The van der Waals surface area contributed by atoms with E-state index in [0.29, 0.717) is 10.6 Å². The number of rotatable bonds is 2. The summed E-state index contributed by atoms with van der Waals surface area (Å²) in [6.07, 6.45) is 1.87. The highest BCUT2D eigenvalue weighted by molar-refractivity contribution is 9.10. The van der Waals surface area contributed by atoms with Crippen molar-refractivity contribution in [1.82, 2.24) is 10.6 Å². The van der Waals surface area contributed by atoms with Crippen LogP contribution in [0.15, 0.2) is 22.7 Å². The molecule has 3 nitrogen and oxygen atoms in total. The van der Waals surface area contributed by atoms with E-state index in [0.717, 1.165) is 30.4 Å². The zero-order valence-corrected chi connectivity index (χ0v) is 12.6. The second-order valence-corrected chi connectivity index (χ2v) is 6.21. The van der Waals surface area contributed by atoms with Crippen LogP contribution in [0.4, 0.5) is 0 Å². The van der Waals surface area contributed by atoms with E-state index >= 15 is 0 Å². The summed E-state index contributed by atoms with van der Waals surface area (Å²) in [7, 11) is 0. The SMILES string of the molecule is CC1(NC(=O)c2cc(Br)ccc2Cl)CCNCC1. The fraction of sp³-hybridized carbons (Fsp3) is 0.462. The second-order valence-electron chi connectivity index (χ2n) is 4.89. The quantitative estimate of drug-likeness (QED) is 0.875. The first-order chi connectivity index (χ1) is 8.50. The van der Waals surface area contributed by atoms with Crippen molar-refractivity contribution < 1.29 is 4.79 Å². The molecule has 0 aliphatic carbocycles. The molecule has 1 aromatic rings. The van der Waals surface area contributed by atoms with Gasteiger partial charge in [0.05, 0.1) is 10.6 Å². The lowest BCUT2D eigenvalue weighted by Crippen LogP contribution is -2.52. The van der Waals surface area contributed by atoms with Crippen LogP contribution < -0.4 is 10.6 Å². The van der Waals surface area contributed by atoms with Gasteiger partial charge in [-0.1, -0.05) is 27.5 Å². The van der Waals surface area contributed by atoms with Crippen molar-refractivity contribution in [2.24, 2.45) is 0 Å². The molecule has 0 saturated carbocycles. The summed E-state index contributed by atoms with van der Waals surface area (Å²) in [4.78, 5) is 12.3. The Labute approximate surface area is 120 Å². The van der Waals surface area contributed by atoms with Crippen molar-refractivity contribution in [3.8, 4) is 0 Å². The van der Waals surface area contributed by atoms with Gasteiger partial charge in [-0.3, -0.25) is 4.79 Å². The number of amides is 1. The Hall–Kier alpha value is -0.580. The van der Waals surface area contributed by atoms with Crippen molar-refractivity contribution in [3.63, 3.8) is 0 Å². The van der Waals surface area contributed by atoms with E-state index < -0.39 is 0 Å². The number of nitrogens with one attached hydrogen (secondary N) is 2. The summed E-state index contributed by atoms with van der Waals surface area (Å²) in [5, 5.41) is 6.86. The van der Waals surface area contributed by atoms with E-state index in [2.05, 4.69) is 33.5 Å². The Morgan fingerprint density at radius 2 is 2.11 bits per heavy atom. The average molecular weight is 332 g/mol. The predicted octanol–water partition coefficient (Wildman–Crippen LogP) is 2.97. The number of hydrogen-bond acceptors (Lipinski definition) is 2. The molecule has 0 radical (unpaired) electrons. The van der Waals surface area contributed by atoms with Gasteiger partial charge in [0.2, 0.25) is 0 Å². The van der Waals surface area contributed by atoms with E-state index in [1.54, 1.807) is 12.1 Å². The van der Waals surface area contributed by atoms with Crippen LogP contribution in [-0.4, -0.2) is 24.5 Å². The average Bonchev–Trinajstić information content (AvgIpc) is 2.32. The van der Waals surface area contributed by atoms with Crippen molar-refractivity contribution in [2.75, 3.05) is 13.1 Å². The van der Waals surface area contributed by atoms with Gasteiger partial charge in [-0.25, -0.2) is 0 Å². The normalized spacial score (nSPS) is 18.4. The monoisotopic (exact) mass is 330 g/mol. The number of carbonyl (C=O) groups is 1. The van der Waals surface area contributed by atoms with E-state index in [1.165, 1.54) is 0 Å². The molecule has 1 fully saturated rings. The molecule has 0 bridgehead atoms. The summed E-state index contributed by atoms with van der Waals surface area (Å²) in [6, 6.07) is 5.30. The smallest absolute Gasteiger partial charge is 0.253 e. The first kappa shape index (κ1) is 13.8. The number of carbonyl (C=O) groups excluding carboxylic acids is 1. The molecule has 18 heavy (non-hydrogen) atoms. The standard InChI is InChI=1S/C13H16BrClN2O/c1-13(4-6-16-7-5-13)17-12(18)10-8-9(14)2-3-11(10)15/h2-3,8,16H,4-7H2,1H3,(H,17,18). The fourth-order valence-corrected chi connectivity index (χ4v) is 2.68. The molecule has 0 atom stereocenters. The summed E-state index contributed by atoms with van der Waals surface area (Å²) in [5.74, 6) is -0.106. The Balaban J connectivity index is 2.14. The highest BCUT2D eigenvalue weighted by Crippen LogP contribution is 2.23. The van der Waals surface area contributed by atoms with E-state index in [9.17, 15) is 4.79 Å². The van der Waals surface area contributed by atoms with Gasteiger partial charge in [0, 0.05) is 10.0 Å². The lowest BCUT2D eigenvalue weighted by Gasteiger charge is -2.35.